The Morgan fingerprint density at radius 2 is 2.20 bits per heavy atom. The van der Waals surface area contributed by atoms with Gasteiger partial charge in [0.15, 0.2) is 6.61 Å². The molecule has 0 bridgehead atoms. The first-order valence-electron chi connectivity index (χ1n) is 4.44. The van der Waals surface area contributed by atoms with Crippen molar-refractivity contribution < 1.29 is 14.3 Å². The topological polar surface area (TPSA) is 67.8 Å². The summed E-state index contributed by atoms with van der Waals surface area (Å²) >= 11 is 0. The Hall–Kier alpha value is -2.17. The number of hydrogen-bond donors (Lipinski definition) is 1. The Morgan fingerprint density at radius 3 is 3.07 bits per heavy atom. The van der Waals surface area contributed by atoms with Crippen LogP contribution in [-0.2, 0) is 4.79 Å². The van der Waals surface area contributed by atoms with E-state index in [2.05, 4.69) is 10.3 Å². The smallest absolute Gasteiger partial charge is 0.279 e. The van der Waals surface area contributed by atoms with E-state index in [4.69, 9.17) is 4.74 Å². The Balaban J connectivity index is 2.24. The van der Waals surface area contributed by atoms with Crippen molar-refractivity contribution in [1.82, 2.24) is 0 Å². The molecule has 2 aliphatic rings. The van der Waals surface area contributed by atoms with Crippen molar-refractivity contribution >= 4 is 23.7 Å². The molecule has 0 radical (unpaired) electrons. The first kappa shape index (κ1) is 8.16. The lowest BCUT2D eigenvalue weighted by atomic mass is 10.1. The lowest BCUT2D eigenvalue weighted by Gasteiger charge is -2.19. The summed E-state index contributed by atoms with van der Waals surface area (Å²) in [6, 6.07) is 3.47. The normalized spacial score (nSPS) is 16.8. The van der Waals surface area contributed by atoms with Gasteiger partial charge in [0.2, 0.25) is 0 Å². The van der Waals surface area contributed by atoms with E-state index in [9.17, 15) is 9.59 Å². The molecule has 1 aromatic rings. The van der Waals surface area contributed by atoms with Crippen LogP contribution in [0.1, 0.15) is 15.9 Å². The lowest BCUT2D eigenvalue weighted by Crippen LogP contribution is -2.26. The Morgan fingerprint density at radius 1 is 1.33 bits per heavy atom. The van der Waals surface area contributed by atoms with E-state index in [0.717, 1.165) is 0 Å². The van der Waals surface area contributed by atoms with Crippen molar-refractivity contribution in [1.29, 1.82) is 0 Å². The summed E-state index contributed by atoms with van der Waals surface area (Å²) in [5, 5.41) is 2.63. The van der Waals surface area contributed by atoms with E-state index in [1.807, 2.05) is 0 Å². The fourth-order valence-corrected chi connectivity index (χ4v) is 1.69. The molecule has 2 amide bonds. The third-order valence-electron chi connectivity index (χ3n) is 2.36. The summed E-state index contributed by atoms with van der Waals surface area (Å²) in [5.41, 5.74) is 1.57. The maximum absolute atomic E-state index is 11.4. The summed E-state index contributed by atoms with van der Waals surface area (Å²) in [4.78, 5) is 26.2. The van der Waals surface area contributed by atoms with Crippen LogP contribution in [0.5, 0.6) is 5.75 Å². The number of benzene rings is 1. The molecular formula is C10H6N2O3. The number of anilines is 1. The van der Waals surface area contributed by atoms with Gasteiger partial charge in [-0.25, -0.2) is 4.99 Å². The zero-order valence-corrected chi connectivity index (χ0v) is 7.61. The highest BCUT2D eigenvalue weighted by atomic mass is 16.5. The molecule has 0 spiro atoms. The quantitative estimate of drug-likeness (QED) is 0.669. The van der Waals surface area contributed by atoms with Crippen molar-refractivity contribution in [3.8, 4) is 5.75 Å². The van der Waals surface area contributed by atoms with Crippen LogP contribution in [0.15, 0.2) is 17.1 Å². The third-order valence-corrected chi connectivity index (χ3v) is 2.36. The van der Waals surface area contributed by atoms with Gasteiger partial charge in [0, 0.05) is 11.8 Å². The van der Waals surface area contributed by atoms with E-state index in [-0.39, 0.29) is 18.4 Å². The number of ether oxygens (including phenoxy) is 1. The van der Waals surface area contributed by atoms with Gasteiger partial charge in [0.05, 0.1) is 11.3 Å². The van der Waals surface area contributed by atoms with Crippen molar-refractivity contribution in [2.45, 2.75) is 0 Å². The minimum absolute atomic E-state index is 0.0131. The van der Waals surface area contributed by atoms with Crippen LogP contribution in [-0.4, -0.2) is 24.6 Å². The molecule has 0 aromatic heterocycles. The van der Waals surface area contributed by atoms with Crippen LogP contribution in [0.2, 0.25) is 0 Å². The Kier molecular flexibility index (Phi) is 1.45. The maximum atomic E-state index is 11.4. The molecule has 5 nitrogen and oxygen atoms in total. The predicted molar refractivity (Wildman–Crippen MR) is 52.5 cm³/mol. The number of amides is 2. The average Bonchev–Trinajstić information content (AvgIpc) is 2.60. The van der Waals surface area contributed by atoms with E-state index < -0.39 is 0 Å². The number of rotatable bonds is 0. The van der Waals surface area contributed by atoms with Gasteiger partial charge in [0.1, 0.15) is 5.75 Å². The molecule has 5 heteroatoms. The zero-order valence-electron chi connectivity index (χ0n) is 7.61. The maximum Gasteiger partial charge on any atom is 0.279 e. The minimum atomic E-state index is -0.340. The molecular weight excluding hydrogens is 196 g/mol. The monoisotopic (exact) mass is 202 g/mol. The molecule has 0 fully saturated rings. The van der Waals surface area contributed by atoms with Crippen LogP contribution in [0, 0.1) is 0 Å². The summed E-state index contributed by atoms with van der Waals surface area (Å²) in [5.74, 6) is -0.0737. The van der Waals surface area contributed by atoms with Crippen molar-refractivity contribution in [2.75, 3.05) is 11.9 Å². The van der Waals surface area contributed by atoms with Crippen LogP contribution in [0.3, 0.4) is 0 Å². The van der Waals surface area contributed by atoms with Crippen molar-refractivity contribution in [2.24, 2.45) is 4.99 Å². The number of nitrogens with zero attached hydrogens (tertiary/aromatic N) is 1. The minimum Gasteiger partial charge on any atom is -0.482 e. The first-order chi connectivity index (χ1) is 7.25. The van der Waals surface area contributed by atoms with Crippen LogP contribution >= 0.6 is 0 Å². The summed E-state index contributed by atoms with van der Waals surface area (Å²) in [6.07, 6.45) is 1.48. The molecule has 15 heavy (non-hydrogen) atoms. The SMILES string of the molecule is O=C1COc2ccc3c(c2N1)C(=O)N=C3. The highest BCUT2D eigenvalue weighted by Crippen LogP contribution is 2.35. The van der Waals surface area contributed by atoms with Crippen LogP contribution < -0.4 is 10.1 Å². The van der Waals surface area contributed by atoms with E-state index in [1.165, 1.54) is 6.21 Å². The second-order valence-electron chi connectivity index (χ2n) is 3.30. The number of carbonyl (C=O) groups is 2. The first-order valence-corrected chi connectivity index (χ1v) is 4.44. The largest absolute Gasteiger partial charge is 0.482 e. The number of carbonyl (C=O) groups excluding carboxylic acids is 2. The second-order valence-corrected chi connectivity index (χ2v) is 3.30. The van der Waals surface area contributed by atoms with Crippen LogP contribution in [0.25, 0.3) is 0 Å². The molecule has 0 saturated carbocycles. The third kappa shape index (κ3) is 1.06. The van der Waals surface area contributed by atoms with E-state index >= 15 is 0 Å². The molecule has 74 valence electrons. The van der Waals surface area contributed by atoms with Gasteiger partial charge in [-0.2, -0.15) is 0 Å². The fourth-order valence-electron chi connectivity index (χ4n) is 1.69. The van der Waals surface area contributed by atoms with Gasteiger partial charge in [-0.15, -0.1) is 0 Å². The molecule has 0 atom stereocenters. The number of aliphatic imine (C=N–C) groups is 1. The van der Waals surface area contributed by atoms with Gasteiger partial charge in [0.25, 0.3) is 11.8 Å². The van der Waals surface area contributed by atoms with E-state index in [1.54, 1.807) is 12.1 Å². The van der Waals surface area contributed by atoms with Gasteiger partial charge in [-0.3, -0.25) is 9.59 Å². The molecule has 0 unspecified atom stereocenters. The molecule has 1 N–H and O–H groups in total. The molecule has 2 aliphatic heterocycles. The van der Waals surface area contributed by atoms with Gasteiger partial charge in [-0.1, -0.05) is 0 Å². The summed E-state index contributed by atoms with van der Waals surface area (Å²) in [7, 11) is 0. The molecule has 2 heterocycles. The van der Waals surface area contributed by atoms with Gasteiger partial charge in [-0.05, 0) is 12.1 Å². The van der Waals surface area contributed by atoms with Crippen molar-refractivity contribution in [3.63, 3.8) is 0 Å². The standard InChI is InChI=1S/C10H6N2O3/c13-7-4-15-6-2-1-5-3-11-10(14)8(5)9(6)12-7/h1-3H,4H2,(H,12,13). The van der Waals surface area contributed by atoms with Crippen LogP contribution in [0.4, 0.5) is 5.69 Å². The number of fused-ring (bicyclic) bond motifs is 3. The fraction of sp³-hybridized carbons (Fsp3) is 0.100. The predicted octanol–water partition coefficient (Wildman–Crippen LogP) is 0.590. The van der Waals surface area contributed by atoms with Gasteiger partial charge >= 0.3 is 0 Å². The number of nitrogens with one attached hydrogen (secondary N) is 1. The molecule has 0 aliphatic carbocycles. The van der Waals surface area contributed by atoms with E-state index in [0.29, 0.717) is 22.6 Å². The Labute approximate surface area is 84.8 Å². The summed E-state index contributed by atoms with van der Waals surface area (Å²) < 4.78 is 5.19. The number of hydrogen-bond acceptors (Lipinski definition) is 3. The average molecular weight is 202 g/mol. The lowest BCUT2D eigenvalue weighted by molar-refractivity contribution is -0.118. The molecule has 0 saturated heterocycles. The van der Waals surface area contributed by atoms with Gasteiger partial charge < -0.3 is 10.1 Å². The zero-order chi connectivity index (χ0) is 10.4. The second kappa shape index (κ2) is 2.66. The molecule has 3 rings (SSSR count). The van der Waals surface area contributed by atoms with Crippen molar-refractivity contribution in [3.05, 3.63) is 23.3 Å². The highest BCUT2D eigenvalue weighted by Gasteiger charge is 2.27. The Bertz CT molecular complexity index is 520. The highest BCUT2D eigenvalue weighted by molar-refractivity contribution is 6.18. The molecule has 1 aromatic carbocycles. The summed E-state index contributed by atoms with van der Waals surface area (Å²) in [6.45, 7) is -0.0131.